The predicted octanol–water partition coefficient (Wildman–Crippen LogP) is 3.67. The quantitative estimate of drug-likeness (QED) is 0.320. The van der Waals surface area contributed by atoms with E-state index in [0.717, 1.165) is 12.8 Å². The number of hydrogen-bond acceptors (Lipinski definition) is 1. The standard InChI is InChI=1S/C11H20O/c1-3-4-5-6-7-8-9-10-11-12-2/h6-7,10-11H,3-5,8-9H2,1-2H3. The molecule has 0 aliphatic rings. The average molecular weight is 168 g/mol. The topological polar surface area (TPSA) is 9.23 Å². The summed E-state index contributed by atoms with van der Waals surface area (Å²) in [6.45, 7) is 2.22. The van der Waals surface area contributed by atoms with Gasteiger partial charge < -0.3 is 4.74 Å². The molecule has 0 fully saturated rings. The van der Waals surface area contributed by atoms with Gasteiger partial charge in [-0.1, -0.05) is 31.9 Å². The monoisotopic (exact) mass is 168 g/mol. The third kappa shape index (κ3) is 9.28. The predicted molar refractivity (Wildman–Crippen MR) is 54.0 cm³/mol. The van der Waals surface area contributed by atoms with Crippen LogP contribution < -0.4 is 0 Å². The lowest BCUT2D eigenvalue weighted by molar-refractivity contribution is 0.336. The highest BCUT2D eigenvalue weighted by atomic mass is 16.5. The van der Waals surface area contributed by atoms with Crippen LogP contribution in [0.1, 0.15) is 39.0 Å². The molecule has 12 heavy (non-hydrogen) atoms. The molecule has 0 aliphatic carbocycles. The van der Waals surface area contributed by atoms with Gasteiger partial charge in [0.25, 0.3) is 0 Å². The summed E-state index contributed by atoms with van der Waals surface area (Å²) in [7, 11) is 1.67. The zero-order valence-electron chi connectivity index (χ0n) is 8.25. The van der Waals surface area contributed by atoms with Gasteiger partial charge in [-0.3, -0.25) is 0 Å². The summed E-state index contributed by atoms with van der Waals surface area (Å²) in [6, 6.07) is 0. The fourth-order valence-electron chi connectivity index (χ4n) is 0.914. The van der Waals surface area contributed by atoms with Crippen LogP contribution in [0.3, 0.4) is 0 Å². The molecule has 1 heteroatoms. The number of rotatable bonds is 7. The molecule has 0 amide bonds. The van der Waals surface area contributed by atoms with Crippen LogP contribution in [0.25, 0.3) is 0 Å². The Bertz CT molecular complexity index is 125. The van der Waals surface area contributed by atoms with Crippen molar-refractivity contribution in [1.82, 2.24) is 0 Å². The van der Waals surface area contributed by atoms with Gasteiger partial charge in [-0.05, 0) is 25.3 Å². The van der Waals surface area contributed by atoms with Crippen LogP contribution in [0.5, 0.6) is 0 Å². The molecular formula is C11H20O. The van der Waals surface area contributed by atoms with E-state index in [9.17, 15) is 0 Å². The molecule has 0 heterocycles. The molecule has 0 saturated carbocycles. The zero-order chi connectivity index (χ0) is 9.07. The van der Waals surface area contributed by atoms with Crippen molar-refractivity contribution in [2.24, 2.45) is 0 Å². The molecule has 0 saturated heterocycles. The Labute approximate surface area is 76.1 Å². The Kier molecular flexibility index (Phi) is 9.66. The van der Waals surface area contributed by atoms with Gasteiger partial charge >= 0.3 is 0 Å². The maximum atomic E-state index is 4.78. The van der Waals surface area contributed by atoms with E-state index in [4.69, 9.17) is 4.74 Å². The molecule has 0 unspecified atom stereocenters. The second-order valence-corrected chi connectivity index (χ2v) is 2.80. The molecule has 70 valence electrons. The molecule has 1 nitrogen and oxygen atoms in total. The Morgan fingerprint density at radius 3 is 2.33 bits per heavy atom. The summed E-state index contributed by atoms with van der Waals surface area (Å²) >= 11 is 0. The lowest BCUT2D eigenvalue weighted by Crippen LogP contribution is -1.69. The van der Waals surface area contributed by atoms with Gasteiger partial charge in [0.05, 0.1) is 13.4 Å². The van der Waals surface area contributed by atoms with Crippen LogP contribution in [0.4, 0.5) is 0 Å². The smallest absolute Gasteiger partial charge is 0.0784 e. The first-order chi connectivity index (χ1) is 5.91. The fourth-order valence-corrected chi connectivity index (χ4v) is 0.914. The molecule has 0 N–H and O–H groups in total. The van der Waals surface area contributed by atoms with E-state index in [0.29, 0.717) is 0 Å². The summed E-state index contributed by atoms with van der Waals surface area (Å²) < 4.78 is 4.78. The molecule has 0 aromatic carbocycles. The van der Waals surface area contributed by atoms with E-state index in [1.807, 2.05) is 6.08 Å². The van der Waals surface area contributed by atoms with E-state index in [-0.39, 0.29) is 0 Å². The molecule has 0 radical (unpaired) electrons. The summed E-state index contributed by atoms with van der Waals surface area (Å²) in [6.07, 6.45) is 14.3. The summed E-state index contributed by atoms with van der Waals surface area (Å²) in [5.74, 6) is 0. The Balaban J connectivity index is 3.07. The van der Waals surface area contributed by atoms with Crippen molar-refractivity contribution in [3.63, 3.8) is 0 Å². The first kappa shape index (κ1) is 11.3. The molecule has 0 bridgehead atoms. The van der Waals surface area contributed by atoms with E-state index in [2.05, 4.69) is 19.1 Å². The lowest BCUT2D eigenvalue weighted by atomic mass is 10.2. The number of unbranched alkanes of at least 4 members (excludes halogenated alkanes) is 3. The SMILES string of the molecule is CCCCC=CCCC=COC. The van der Waals surface area contributed by atoms with Crippen molar-refractivity contribution in [2.45, 2.75) is 39.0 Å². The van der Waals surface area contributed by atoms with E-state index in [1.54, 1.807) is 13.4 Å². The molecule has 0 aromatic rings. The molecule has 0 rings (SSSR count). The minimum atomic E-state index is 1.08. The molecule has 0 aromatic heterocycles. The average Bonchev–Trinajstić information content (AvgIpc) is 2.10. The highest BCUT2D eigenvalue weighted by molar-refractivity contribution is 4.85. The second-order valence-electron chi connectivity index (χ2n) is 2.80. The first-order valence-corrected chi connectivity index (χ1v) is 4.74. The normalized spacial score (nSPS) is 11.5. The van der Waals surface area contributed by atoms with Gasteiger partial charge in [-0.15, -0.1) is 0 Å². The second kappa shape index (κ2) is 10.3. The molecular weight excluding hydrogens is 148 g/mol. The Morgan fingerprint density at radius 1 is 1.00 bits per heavy atom. The van der Waals surface area contributed by atoms with Gasteiger partial charge in [0.15, 0.2) is 0 Å². The van der Waals surface area contributed by atoms with Crippen LogP contribution in [-0.4, -0.2) is 7.11 Å². The van der Waals surface area contributed by atoms with Crippen molar-refractivity contribution >= 4 is 0 Å². The summed E-state index contributed by atoms with van der Waals surface area (Å²) in [5, 5.41) is 0. The fraction of sp³-hybridized carbons (Fsp3) is 0.636. The van der Waals surface area contributed by atoms with Gasteiger partial charge in [-0.25, -0.2) is 0 Å². The molecule has 0 aliphatic heterocycles. The highest BCUT2D eigenvalue weighted by Gasteiger charge is 1.78. The van der Waals surface area contributed by atoms with Crippen molar-refractivity contribution in [3.8, 4) is 0 Å². The third-order valence-corrected chi connectivity index (χ3v) is 1.62. The number of hydrogen-bond donors (Lipinski definition) is 0. The van der Waals surface area contributed by atoms with E-state index >= 15 is 0 Å². The van der Waals surface area contributed by atoms with Crippen LogP contribution in [-0.2, 0) is 4.74 Å². The van der Waals surface area contributed by atoms with Crippen LogP contribution >= 0.6 is 0 Å². The largest absolute Gasteiger partial charge is 0.505 e. The van der Waals surface area contributed by atoms with Crippen LogP contribution in [0.15, 0.2) is 24.5 Å². The summed E-state index contributed by atoms with van der Waals surface area (Å²) in [5.41, 5.74) is 0. The van der Waals surface area contributed by atoms with Gasteiger partial charge in [0, 0.05) is 0 Å². The van der Waals surface area contributed by atoms with Crippen LogP contribution in [0, 0.1) is 0 Å². The van der Waals surface area contributed by atoms with E-state index < -0.39 is 0 Å². The van der Waals surface area contributed by atoms with Crippen molar-refractivity contribution in [3.05, 3.63) is 24.5 Å². The van der Waals surface area contributed by atoms with Crippen molar-refractivity contribution < 1.29 is 4.74 Å². The number of methoxy groups -OCH3 is 1. The first-order valence-electron chi connectivity index (χ1n) is 4.74. The third-order valence-electron chi connectivity index (χ3n) is 1.62. The van der Waals surface area contributed by atoms with E-state index in [1.165, 1.54) is 19.3 Å². The van der Waals surface area contributed by atoms with Crippen LogP contribution in [0.2, 0.25) is 0 Å². The maximum absolute atomic E-state index is 4.78. The highest BCUT2D eigenvalue weighted by Crippen LogP contribution is 1.98. The minimum Gasteiger partial charge on any atom is -0.505 e. The minimum absolute atomic E-state index is 1.08. The van der Waals surface area contributed by atoms with Gasteiger partial charge in [0.2, 0.25) is 0 Å². The molecule has 0 atom stereocenters. The van der Waals surface area contributed by atoms with Crippen molar-refractivity contribution in [2.75, 3.05) is 7.11 Å². The lowest BCUT2D eigenvalue weighted by Gasteiger charge is -1.89. The summed E-state index contributed by atoms with van der Waals surface area (Å²) in [4.78, 5) is 0. The zero-order valence-corrected chi connectivity index (χ0v) is 8.25. The van der Waals surface area contributed by atoms with Gasteiger partial charge in [-0.2, -0.15) is 0 Å². The Hall–Kier alpha value is -0.720. The Morgan fingerprint density at radius 2 is 1.67 bits per heavy atom. The maximum Gasteiger partial charge on any atom is 0.0784 e. The van der Waals surface area contributed by atoms with Gasteiger partial charge in [0.1, 0.15) is 0 Å². The molecule has 0 spiro atoms. The number of ether oxygens (including phenoxy) is 1. The number of allylic oxidation sites excluding steroid dienone is 3. The van der Waals surface area contributed by atoms with Crippen molar-refractivity contribution in [1.29, 1.82) is 0 Å².